The van der Waals surface area contributed by atoms with E-state index < -0.39 is 0 Å². The fourth-order valence-corrected chi connectivity index (χ4v) is 1.25. The molecule has 0 aliphatic carbocycles. The number of aromatic nitrogens is 3. The van der Waals surface area contributed by atoms with Gasteiger partial charge in [-0.3, -0.25) is 9.78 Å². The van der Waals surface area contributed by atoms with Crippen LogP contribution in [0.4, 0.5) is 0 Å². The molecule has 0 aliphatic heterocycles. The van der Waals surface area contributed by atoms with E-state index >= 15 is 0 Å². The standard InChI is InChI=1S/C10H9N3O.2ClH/c1-7-12-9(6-10(14)13-7)8-2-4-11-5-3-8;;/h2-6H,1H3,(H,12,13,14);2*1H. The number of H-pyrrole nitrogens is 1. The maximum absolute atomic E-state index is 11.2. The van der Waals surface area contributed by atoms with Crippen molar-refractivity contribution in [1.29, 1.82) is 0 Å². The minimum atomic E-state index is -0.135. The van der Waals surface area contributed by atoms with E-state index in [0.717, 1.165) is 5.56 Å². The second-order valence-electron chi connectivity index (χ2n) is 2.95. The molecular formula is C10H11Cl2N3O. The van der Waals surface area contributed by atoms with Crippen molar-refractivity contribution < 1.29 is 0 Å². The number of pyridine rings is 1. The van der Waals surface area contributed by atoms with Gasteiger partial charge < -0.3 is 4.98 Å². The number of nitrogens with zero attached hydrogens (tertiary/aromatic N) is 2. The van der Waals surface area contributed by atoms with Gasteiger partial charge in [0.05, 0.1) is 5.69 Å². The summed E-state index contributed by atoms with van der Waals surface area (Å²) in [5, 5.41) is 0. The minimum absolute atomic E-state index is 0. The topological polar surface area (TPSA) is 58.6 Å². The highest BCUT2D eigenvalue weighted by Crippen LogP contribution is 2.12. The molecule has 16 heavy (non-hydrogen) atoms. The lowest BCUT2D eigenvalue weighted by Crippen LogP contribution is -2.08. The number of halogens is 2. The maximum Gasteiger partial charge on any atom is 0.251 e. The first-order valence-corrected chi connectivity index (χ1v) is 4.24. The molecule has 0 bridgehead atoms. The molecule has 0 amide bonds. The quantitative estimate of drug-likeness (QED) is 0.852. The van der Waals surface area contributed by atoms with Crippen molar-refractivity contribution >= 4 is 24.8 Å². The first kappa shape index (κ1) is 14.6. The Morgan fingerprint density at radius 1 is 1.19 bits per heavy atom. The van der Waals surface area contributed by atoms with Crippen LogP contribution in [0.5, 0.6) is 0 Å². The highest BCUT2D eigenvalue weighted by molar-refractivity contribution is 5.85. The number of aryl methyl sites for hydroxylation is 1. The predicted molar refractivity (Wildman–Crippen MR) is 67.3 cm³/mol. The first-order valence-electron chi connectivity index (χ1n) is 4.24. The average Bonchev–Trinajstić information content (AvgIpc) is 2.18. The molecule has 0 unspecified atom stereocenters. The van der Waals surface area contributed by atoms with Gasteiger partial charge in [0.2, 0.25) is 0 Å². The van der Waals surface area contributed by atoms with Crippen molar-refractivity contribution in [2.75, 3.05) is 0 Å². The van der Waals surface area contributed by atoms with E-state index in [1.54, 1.807) is 19.3 Å². The molecule has 0 atom stereocenters. The Kier molecular flexibility index (Phi) is 5.71. The number of nitrogens with one attached hydrogen (secondary N) is 1. The van der Waals surface area contributed by atoms with Gasteiger partial charge in [-0.25, -0.2) is 4.98 Å². The molecule has 0 spiro atoms. The molecule has 0 radical (unpaired) electrons. The Balaban J connectivity index is 0.00000112. The zero-order valence-corrected chi connectivity index (χ0v) is 10.1. The van der Waals surface area contributed by atoms with Crippen LogP contribution >= 0.6 is 24.8 Å². The van der Waals surface area contributed by atoms with Gasteiger partial charge in [0, 0.05) is 24.0 Å². The molecule has 2 aromatic rings. The van der Waals surface area contributed by atoms with Gasteiger partial charge in [0.25, 0.3) is 5.56 Å². The van der Waals surface area contributed by atoms with Crippen LogP contribution in [0.1, 0.15) is 5.82 Å². The van der Waals surface area contributed by atoms with Crippen LogP contribution < -0.4 is 5.56 Å². The third-order valence-corrected chi connectivity index (χ3v) is 1.84. The van der Waals surface area contributed by atoms with Crippen molar-refractivity contribution in [2.24, 2.45) is 0 Å². The predicted octanol–water partition coefficient (Wildman–Crippen LogP) is 1.98. The number of aromatic amines is 1. The third kappa shape index (κ3) is 3.32. The molecule has 1 N–H and O–H groups in total. The van der Waals surface area contributed by atoms with Crippen LogP contribution in [0, 0.1) is 6.92 Å². The highest BCUT2D eigenvalue weighted by atomic mass is 35.5. The first-order chi connectivity index (χ1) is 6.75. The average molecular weight is 260 g/mol. The van der Waals surface area contributed by atoms with Crippen LogP contribution in [-0.2, 0) is 0 Å². The SMILES string of the molecule is Cc1nc(-c2ccncc2)cc(=O)[nH]1.Cl.Cl. The van der Waals surface area contributed by atoms with E-state index in [9.17, 15) is 4.79 Å². The van der Waals surface area contributed by atoms with Crippen molar-refractivity contribution in [3.05, 3.63) is 46.8 Å². The number of hydrogen-bond donors (Lipinski definition) is 1. The Bertz CT molecular complexity index is 499. The lowest BCUT2D eigenvalue weighted by Gasteiger charge is -1.99. The zero-order valence-electron chi connectivity index (χ0n) is 8.51. The smallest absolute Gasteiger partial charge is 0.251 e. The Hall–Kier alpha value is -1.39. The fourth-order valence-electron chi connectivity index (χ4n) is 1.25. The largest absolute Gasteiger partial charge is 0.311 e. The van der Waals surface area contributed by atoms with Crippen molar-refractivity contribution in [3.63, 3.8) is 0 Å². The van der Waals surface area contributed by atoms with Gasteiger partial charge in [-0.15, -0.1) is 24.8 Å². The Morgan fingerprint density at radius 2 is 1.81 bits per heavy atom. The molecule has 86 valence electrons. The second-order valence-corrected chi connectivity index (χ2v) is 2.95. The highest BCUT2D eigenvalue weighted by Gasteiger charge is 2.00. The molecule has 2 rings (SSSR count). The van der Waals surface area contributed by atoms with Crippen LogP contribution in [0.15, 0.2) is 35.4 Å². The van der Waals surface area contributed by atoms with Crippen molar-refractivity contribution in [2.45, 2.75) is 6.92 Å². The number of rotatable bonds is 1. The maximum atomic E-state index is 11.2. The molecule has 4 nitrogen and oxygen atoms in total. The molecule has 0 saturated carbocycles. The van der Waals surface area contributed by atoms with E-state index in [0.29, 0.717) is 11.5 Å². The molecule has 2 heterocycles. The van der Waals surface area contributed by atoms with E-state index in [-0.39, 0.29) is 30.4 Å². The van der Waals surface area contributed by atoms with Gasteiger partial charge in [0.15, 0.2) is 0 Å². The van der Waals surface area contributed by atoms with Crippen molar-refractivity contribution in [1.82, 2.24) is 15.0 Å². The summed E-state index contributed by atoms with van der Waals surface area (Å²) in [6, 6.07) is 5.12. The summed E-state index contributed by atoms with van der Waals surface area (Å²) in [7, 11) is 0. The molecule has 0 aliphatic rings. The van der Waals surface area contributed by atoms with Crippen LogP contribution in [0.3, 0.4) is 0 Å². The summed E-state index contributed by atoms with van der Waals surface area (Å²) >= 11 is 0. The normalized spacial score (nSPS) is 8.81. The fraction of sp³-hybridized carbons (Fsp3) is 0.100. The lowest BCUT2D eigenvalue weighted by atomic mass is 10.2. The minimum Gasteiger partial charge on any atom is -0.311 e. The summed E-state index contributed by atoms with van der Waals surface area (Å²) in [5.41, 5.74) is 1.44. The second kappa shape index (κ2) is 6.25. The van der Waals surface area contributed by atoms with Gasteiger partial charge in [0.1, 0.15) is 5.82 Å². The molecule has 6 heteroatoms. The molecule has 0 saturated heterocycles. The van der Waals surface area contributed by atoms with Crippen LogP contribution in [0.2, 0.25) is 0 Å². The summed E-state index contributed by atoms with van der Waals surface area (Å²) in [4.78, 5) is 21.9. The molecule has 0 aromatic carbocycles. The van der Waals surface area contributed by atoms with E-state index in [1.165, 1.54) is 6.07 Å². The molecule has 0 fully saturated rings. The lowest BCUT2D eigenvalue weighted by molar-refractivity contribution is 1.02. The molecular weight excluding hydrogens is 249 g/mol. The van der Waals surface area contributed by atoms with Gasteiger partial charge in [-0.1, -0.05) is 0 Å². The van der Waals surface area contributed by atoms with Crippen LogP contribution in [0.25, 0.3) is 11.3 Å². The summed E-state index contributed by atoms with van der Waals surface area (Å²) in [6.07, 6.45) is 3.35. The summed E-state index contributed by atoms with van der Waals surface area (Å²) in [5.74, 6) is 0.615. The van der Waals surface area contributed by atoms with E-state index in [4.69, 9.17) is 0 Å². The monoisotopic (exact) mass is 259 g/mol. The third-order valence-electron chi connectivity index (χ3n) is 1.84. The van der Waals surface area contributed by atoms with Crippen LogP contribution in [-0.4, -0.2) is 15.0 Å². The van der Waals surface area contributed by atoms with E-state index in [2.05, 4.69) is 15.0 Å². The number of hydrogen-bond acceptors (Lipinski definition) is 3. The Labute approximate surface area is 105 Å². The summed E-state index contributed by atoms with van der Waals surface area (Å²) in [6.45, 7) is 1.76. The van der Waals surface area contributed by atoms with Gasteiger partial charge in [-0.2, -0.15) is 0 Å². The van der Waals surface area contributed by atoms with Gasteiger partial charge >= 0.3 is 0 Å². The zero-order chi connectivity index (χ0) is 9.97. The van der Waals surface area contributed by atoms with E-state index in [1.807, 2.05) is 12.1 Å². The molecule has 2 aromatic heterocycles. The van der Waals surface area contributed by atoms with Gasteiger partial charge in [-0.05, 0) is 19.1 Å². The summed E-state index contributed by atoms with van der Waals surface area (Å²) < 4.78 is 0. The van der Waals surface area contributed by atoms with Crippen molar-refractivity contribution in [3.8, 4) is 11.3 Å². The Morgan fingerprint density at radius 3 is 2.38 bits per heavy atom.